The summed E-state index contributed by atoms with van der Waals surface area (Å²) in [7, 11) is 1.68. The maximum atomic E-state index is 5.73. The van der Waals surface area contributed by atoms with Crippen LogP contribution in [0, 0.1) is 0 Å². The molecular weight excluding hydrogens is 254 g/mol. The lowest BCUT2D eigenvalue weighted by Crippen LogP contribution is -2.38. The number of fused-ring (bicyclic) bond motifs is 1. The number of hydrogen-bond acceptors (Lipinski definition) is 3. The van der Waals surface area contributed by atoms with Gasteiger partial charge in [-0.25, -0.2) is 4.99 Å². The van der Waals surface area contributed by atoms with Gasteiger partial charge in [-0.2, -0.15) is 0 Å². The lowest BCUT2D eigenvalue weighted by molar-refractivity contribution is 0.203. The summed E-state index contributed by atoms with van der Waals surface area (Å²) in [5, 5.41) is 7.49. The van der Waals surface area contributed by atoms with Crippen LogP contribution in [0.15, 0.2) is 39.7 Å². The normalized spacial score (nSPS) is 11.8. The third kappa shape index (κ3) is 3.99. The summed E-state index contributed by atoms with van der Waals surface area (Å²) in [6.07, 6.45) is 0. The first kappa shape index (κ1) is 14.4. The summed E-state index contributed by atoms with van der Waals surface area (Å²) < 4.78 is 10.7. The largest absolute Gasteiger partial charge is 0.459 e. The van der Waals surface area contributed by atoms with Gasteiger partial charge in [0, 0.05) is 25.6 Å². The summed E-state index contributed by atoms with van der Waals surface area (Å²) >= 11 is 0. The Morgan fingerprint density at radius 2 is 2.15 bits per heavy atom. The fraction of sp³-hybridized carbons (Fsp3) is 0.400. The summed E-state index contributed by atoms with van der Waals surface area (Å²) in [5.41, 5.74) is 0.898. The van der Waals surface area contributed by atoms with Gasteiger partial charge in [-0.1, -0.05) is 18.2 Å². The van der Waals surface area contributed by atoms with Gasteiger partial charge < -0.3 is 19.8 Å². The van der Waals surface area contributed by atoms with Crippen molar-refractivity contribution in [2.75, 3.05) is 26.8 Å². The molecule has 0 saturated heterocycles. The highest BCUT2D eigenvalue weighted by Gasteiger charge is 2.03. The van der Waals surface area contributed by atoms with Crippen molar-refractivity contribution in [2.24, 2.45) is 4.99 Å². The van der Waals surface area contributed by atoms with E-state index >= 15 is 0 Å². The second-order valence-corrected chi connectivity index (χ2v) is 4.37. The Bertz CT molecular complexity index is 530. The Labute approximate surface area is 119 Å². The second kappa shape index (κ2) is 7.55. The zero-order chi connectivity index (χ0) is 14.2. The lowest BCUT2D eigenvalue weighted by Gasteiger charge is -2.10. The van der Waals surface area contributed by atoms with Crippen molar-refractivity contribution in [1.29, 1.82) is 0 Å². The predicted octanol–water partition coefficient (Wildman–Crippen LogP) is 2.13. The zero-order valence-corrected chi connectivity index (χ0v) is 12.0. The Morgan fingerprint density at radius 3 is 2.90 bits per heavy atom. The van der Waals surface area contributed by atoms with Crippen LogP contribution < -0.4 is 10.6 Å². The minimum absolute atomic E-state index is 0.511. The van der Waals surface area contributed by atoms with Crippen molar-refractivity contribution in [3.63, 3.8) is 0 Å². The van der Waals surface area contributed by atoms with Crippen molar-refractivity contribution in [1.82, 2.24) is 10.6 Å². The van der Waals surface area contributed by atoms with Crippen LogP contribution in [-0.2, 0) is 11.3 Å². The molecule has 2 rings (SSSR count). The number of nitrogens with zero attached hydrogens (tertiary/aromatic N) is 1. The van der Waals surface area contributed by atoms with E-state index in [0.29, 0.717) is 13.2 Å². The molecule has 0 radical (unpaired) electrons. The number of hydrogen-bond donors (Lipinski definition) is 2. The Balaban J connectivity index is 2.00. The maximum Gasteiger partial charge on any atom is 0.191 e. The number of benzene rings is 1. The minimum atomic E-state index is 0.511. The average Bonchev–Trinajstić information content (AvgIpc) is 2.87. The minimum Gasteiger partial charge on any atom is -0.459 e. The third-order valence-corrected chi connectivity index (χ3v) is 2.81. The van der Waals surface area contributed by atoms with E-state index in [1.807, 2.05) is 37.3 Å². The molecule has 0 aliphatic carbocycles. The molecule has 5 heteroatoms. The number of rotatable bonds is 6. The first-order valence-electron chi connectivity index (χ1n) is 6.82. The summed E-state index contributed by atoms with van der Waals surface area (Å²) in [4.78, 5) is 4.50. The van der Waals surface area contributed by atoms with Crippen LogP contribution in [0.2, 0.25) is 0 Å². The molecule has 1 aromatic carbocycles. The van der Waals surface area contributed by atoms with Crippen LogP contribution >= 0.6 is 0 Å². The van der Waals surface area contributed by atoms with Crippen molar-refractivity contribution >= 4 is 16.9 Å². The number of aliphatic imine (C=N–C) groups is 1. The molecule has 1 aromatic heterocycles. The Morgan fingerprint density at radius 1 is 1.30 bits per heavy atom. The van der Waals surface area contributed by atoms with Crippen LogP contribution in [0.25, 0.3) is 11.0 Å². The van der Waals surface area contributed by atoms with Crippen molar-refractivity contribution < 1.29 is 9.15 Å². The van der Waals surface area contributed by atoms with E-state index < -0.39 is 0 Å². The molecule has 0 spiro atoms. The average molecular weight is 275 g/mol. The molecule has 2 aromatic rings. The van der Waals surface area contributed by atoms with Gasteiger partial charge in [-0.05, 0) is 19.1 Å². The van der Waals surface area contributed by atoms with E-state index in [1.54, 1.807) is 7.11 Å². The summed E-state index contributed by atoms with van der Waals surface area (Å²) in [5.74, 6) is 1.63. The smallest absolute Gasteiger partial charge is 0.191 e. The van der Waals surface area contributed by atoms with Crippen molar-refractivity contribution in [3.8, 4) is 0 Å². The fourth-order valence-electron chi connectivity index (χ4n) is 1.88. The van der Waals surface area contributed by atoms with Crippen LogP contribution in [0.3, 0.4) is 0 Å². The first-order valence-corrected chi connectivity index (χ1v) is 6.82. The van der Waals surface area contributed by atoms with Gasteiger partial charge in [-0.3, -0.25) is 0 Å². The molecule has 5 nitrogen and oxygen atoms in total. The molecular formula is C15H21N3O2. The molecule has 0 fully saturated rings. The van der Waals surface area contributed by atoms with E-state index in [2.05, 4.69) is 15.6 Å². The molecule has 20 heavy (non-hydrogen) atoms. The number of furan rings is 1. The van der Waals surface area contributed by atoms with E-state index in [9.17, 15) is 0 Å². The highest BCUT2D eigenvalue weighted by atomic mass is 16.5. The Hall–Kier alpha value is -2.01. The van der Waals surface area contributed by atoms with Crippen LogP contribution in [0.1, 0.15) is 12.7 Å². The fourth-order valence-corrected chi connectivity index (χ4v) is 1.88. The quantitative estimate of drug-likeness (QED) is 0.482. The summed E-state index contributed by atoms with van der Waals surface area (Å²) in [6, 6.07) is 9.99. The topological polar surface area (TPSA) is 58.8 Å². The number of guanidine groups is 1. The molecule has 0 aliphatic heterocycles. The summed E-state index contributed by atoms with van der Waals surface area (Å²) in [6.45, 7) is 4.74. The van der Waals surface area contributed by atoms with Crippen LogP contribution in [0.4, 0.5) is 0 Å². The number of ether oxygens (including phenoxy) is 1. The first-order chi connectivity index (χ1) is 9.83. The van der Waals surface area contributed by atoms with E-state index in [0.717, 1.165) is 35.8 Å². The van der Waals surface area contributed by atoms with Crippen molar-refractivity contribution in [2.45, 2.75) is 13.5 Å². The highest BCUT2D eigenvalue weighted by Crippen LogP contribution is 2.19. The highest BCUT2D eigenvalue weighted by molar-refractivity contribution is 5.80. The molecule has 0 unspecified atom stereocenters. The van der Waals surface area contributed by atoms with E-state index in [-0.39, 0.29) is 0 Å². The number of methoxy groups -OCH3 is 1. The van der Waals surface area contributed by atoms with E-state index in [4.69, 9.17) is 9.15 Å². The lowest BCUT2D eigenvalue weighted by atomic mass is 10.2. The van der Waals surface area contributed by atoms with Gasteiger partial charge in [-0.15, -0.1) is 0 Å². The number of nitrogens with one attached hydrogen (secondary N) is 2. The van der Waals surface area contributed by atoms with Gasteiger partial charge in [0.15, 0.2) is 5.96 Å². The van der Waals surface area contributed by atoms with Gasteiger partial charge >= 0.3 is 0 Å². The van der Waals surface area contributed by atoms with Crippen molar-refractivity contribution in [3.05, 3.63) is 36.1 Å². The molecule has 0 saturated carbocycles. The van der Waals surface area contributed by atoms with Crippen LogP contribution in [0.5, 0.6) is 0 Å². The van der Waals surface area contributed by atoms with Gasteiger partial charge in [0.25, 0.3) is 0 Å². The Kier molecular flexibility index (Phi) is 5.43. The van der Waals surface area contributed by atoms with Gasteiger partial charge in [0.2, 0.25) is 0 Å². The monoisotopic (exact) mass is 275 g/mol. The molecule has 0 aliphatic rings. The molecule has 2 N–H and O–H groups in total. The molecule has 0 bridgehead atoms. The SMILES string of the molecule is CCNC(=NCc1cc2ccccc2o1)NCCOC. The predicted molar refractivity (Wildman–Crippen MR) is 80.9 cm³/mol. The third-order valence-electron chi connectivity index (χ3n) is 2.81. The molecule has 0 amide bonds. The molecule has 108 valence electrons. The van der Waals surface area contributed by atoms with E-state index in [1.165, 1.54) is 0 Å². The zero-order valence-electron chi connectivity index (χ0n) is 12.0. The van der Waals surface area contributed by atoms with Crippen LogP contribution in [-0.4, -0.2) is 32.8 Å². The van der Waals surface area contributed by atoms with Gasteiger partial charge in [0.05, 0.1) is 6.61 Å². The maximum absolute atomic E-state index is 5.73. The standard InChI is InChI=1S/C15H21N3O2/c1-3-16-15(17-8-9-19-2)18-11-13-10-12-6-4-5-7-14(12)20-13/h4-7,10H,3,8-9,11H2,1-2H3,(H2,16,17,18). The number of para-hydroxylation sites is 1. The second-order valence-electron chi connectivity index (χ2n) is 4.37. The van der Waals surface area contributed by atoms with Gasteiger partial charge in [0.1, 0.15) is 17.9 Å². The molecule has 1 heterocycles. The molecule has 0 atom stereocenters.